The number of aromatic nitrogens is 1. The molecule has 122 valence electrons. The Morgan fingerprint density at radius 1 is 1.25 bits per heavy atom. The first-order chi connectivity index (χ1) is 11.7. The van der Waals surface area contributed by atoms with Crippen molar-refractivity contribution in [3.63, 3.8) is 0 Å². The van der Waals surface area contributed by atoms with Gasteiger partial charge in [0.15, 0.2) is 12.2 Å². The van der Waals surface area contributed by atoms with Crippen LogP contribution in [0.25, 0.3) is 11.3 Å². The largest absolute Gasteiger partial charge is 0.496 e. The standard InChI is InChI=1S/C18H15BrN2O3/c1-23-16-9-14(6-7-15(16)17-10-20-11-24-17)21-18(22)8-12-2-4-13(19)5-3-12/h2-7,9-11H,8H2,1H3,(H,21,22). The molecule has 0 atom stereocenters. The van der Waals surface area contributed by atoms with Crippen LogP contribution >= 0.6 is 15.9 Å². The van der Waals surface area contributed by atoms with E-state index in [4.69, 9.17) is 9.15 Å². The zero-order valence-corrected chi connectivity index (χ0v) is 14.5. The Hall–Kier alpha value is -2.60. The van der Waals surface area contributed by atoms with Crippen LogP contribution in [-0.2, 0) is 11.2 Å². The van der Waals surface area contributed by atoms with E-state index in [1.165, 1.54) is 6.39 Å². The van der Waals surface area contributed by atoms with Crippen molar-refractivity contribution in [3.05, 3.63) is 65.1 Å². The lowest BCUT2D eigenvalue weighted by atomic mass is 10.1. The van der Waals surface area contributed by atoms with Crippen molar-refractivity contribution in [2.45, 2.75) is 6.42 Å². The van der Waals surface area contributed by atoms with E-state index in [1.807, 2.05) is 30.3 Å². The second kappa shape index (κ2) is 7.31. The van der Waals surface area contributed by atoms with Gasteiger partial charge in [0, 0.05) is 16.2 Å². The number of methoxy groups -OCH3 is 1. The monoisotopic (exact) mass is 386 g/mol. The fraction of sp³-hybridized carbons (Fsp3) is 0.111. The first kappa shape index (κ1) is 16.3. The van der Waals surface area contributed by atoms with E-state index < -0.39 is 0 Å². The summed E-state index contributed by atoms with van der Waals surface area (Å²) in [5, 5.41) is 2.88. The van der Waals surface area contributed by atoms with Gasteiger partial charge < -0.3 is 14.5 Å². The molecular formula is C18H15BrN2O3. The van der Waals surface area contributed by atoms with Gasteiger partial charge in [-0.3, -0.25) is 4.79 Å². The second-order valence-corrected chi connectivity index (χ2v) is 6.05. The number of rotatable bonds is 5. The summed E-state index contributed by atoms with van der Waals surface area (Å²) in [6.07, 6.45) is 3.28. The van der Waals surface area contributed by atoms with Gasteiger partial charge >= 0.3 is 0 Å². The minimum absolute atomic E-state index is 0.0909. The summed E-state index contributed by atoms with van der Waals surface area (Å²) >= 11 is 3.38. The zero-order valence-electron chi connectivity index (χ0n) is 13.0. The van der Waals surface area contributed by atoms with E-state index in [0.717, 1.165) is 15.6 Å². The van der Waals surface area contributed by atoms with Crippen molar-refractivity contribution >= 4 is 27.5 Å². The molecule has 0 unspecified atom stereocenters. The molecule has 3 rings (SSSR count). The molecule has 0 saturated carbocycles. The molecule has 0 spiro atoms. The number of oxazole rings is 1. The van der Waals surface area contributed by atoms with Gasteiger partial charge in [0.2, 0.25) is 5.91 Å². The van der Waals surface area contributed by atoms with Crippen LogP contribution in [-0.4, -0.2) is 18.0 Å². The van der Waals surface area contributed by atoms with Gasteiger partial charge in [-0.05, 0) is 29.8 Å². The highest BCUT2D eigenvalue weighted by Crippen LogP contribution is 2.32. The summed E-state index contributed by atoms with van der Waals surface area (Å²) in [5.41, 5.74) is 2.39. The van der Waals surface area contributed by atoms with Crippen molar-refractivity contribution in [1.82, 2.24) is 4.98 Å². The minimum Gasteiger partial charge on any atom is -0.496 e. The Labute approximate surface area is 147 Å². The third kappa shape index (κ3) is 3.83. The van der Waals surface area contributed by atoms with E-state index in [9.17, 15) is 4.79 Å². The van der Waals surface area contributed by atoms with Crippen LogP contribution in [0.4, 0.5) is 5.69 Å². The number of benzene rings is 2. The Kier molecular flexibility index (Phi) is 4.96. The van der Waals surface area contributed by atoms with Crippen LogP contribution in [0.15, 0.2) is 63.9 Å². The van der Waals surface area contributed by atoms with E-state index >= 15 is 0 Å². The highest BCUT2D eigenvalue weighted by Gasteiger charge is 2.11. The average Bonchev–Trinajstić information content (AvgIpc) is 3.11. The molecule has 0 aliphatic carbocycles. The van der Waals surface area contributed by atoms with Crippen LogP contribution in [0.5, 0.6) is 5.75 Å². The molecule has 0 aliphatic rings. The predicted molar refractivity (Wildman–Crippen MR) is 95.0 cm³/mol. The number of ether oxygens (including phenoxy) is 1. The fourth-order valence-electron chi connectivity index (χ4n) is 2.31. The third-order valence-electron chi connectivity index (χ3n) is 3.46. The van der Waals surface area contributed by atoms with Gasteiger partial charge in [0.1, 0.15) is 5.75 Å². The molecule has 1 N–H and O–H groups in total. The molecule has 1 heterocycles. The molecule has 0 bridgehead atoms. The van der Waals surface area contributed by atoms with E-state index in [0.29, 0.717) is 23.6 Å². The van der Waals surface area contributed by atoms with Crippen LogP contribution in [0, 0.1) is 0 Å². The summed E-state index contributed by atoms with van der Waals surface area (Å²) in [6.45, 7) is 0. The molecule has 1 aromatic heterocycles. The summed E-state index contributed by atoms with van der Waals surface area (Å²) in [7, 11) is 1.57. The topological polar surface area (TPSA) is 64.4 Å². The van der Waals surface area contributed by atoms with Gasteiger partial charge in [-0.25, -0.2) is 4.98 Å². The maximum absolute atomic E-state index is 12.2. The lowest BCUT2D eigenvalue weighted by molar-refractivity contribution is -0.115. The van der Waals surface area contributed by atoms with E-state index in [2.05, 4.69) is 26.2 Å². The summed E-state index contributed by atoms with van der Waals surface area (Å²) in [6, 6.07) is 13.1. The second-order valence-electron chi connectivity index (χ2n) is 5.13. The number of anilines is 1. The molecule has 1 amide bonds. The molecule has 24 heavy (non-hydrogen) atoms. The number of carbonyl (C=O) groups is 1. The summed E-state index contributed by atoms with van der Waals surface area (Å²) in [4.78, 5) is 16.1. The first-order valence-electron chi connectivity index (χ1n) is 7.27. The Balaban J connectivity index is 1.73. The van der Waals surface area contributed by atoms with Crippen LogP contribution < -0.4 is 10.1 Å². The number of halogens is 1. The predicted octanol–water partition coefficient (Wildman–Crippen LogP) is 4.29. The number of hydrogen-bond donors (Lipinski definition) is 1. The number of nitrogens with one attached hydrogen (secondary N) is 1. The smallest absolute Gasteiger partial charge is 0.228 e. The molecule has 6 heteroatoms. The summed E-state index contributed by atoms with van der Waals surface area (Å²) in [5.74, 6) is 1.12. The lowest BCUT2D eigenvalue weighted by Crippen LogP contribution is -2.14. The summed E-state index contributed by atoms with van der Waals surface area (Å²) < 4.78 is 11.7. The zero-order chi connectivity index (χ0) is 16.9. The van der Waals surface area contributed by atoms with Crippen LogP contribution in [0.1, 0.15) is 5.56 Å². The highest BCUT2D eigenvalue weighted by molar-refractivity contribution is 9.10. The van der Waals surface area contributed by atoms with Crippen molar-refractivity contribution in [1.29, 1.82) is 0 Å². The number of carbonyl (C=O) groups excluding carboxylic acids is 1. The molecule has 0 fully saturated rings. The van der Waals surface area contributed by atoms with E-state index in [-0.39, 0.29) is 5.91 Å². The maximum Gasteiger partial charge on any atom is 0.228 e. The number of hydrogen-bond acceptors (Lipinski definition) is 4. The first-order valence-corrected chi connectivity index (χ1v) is 8.06. The van der Waals surface area contributed by atoms with Gasteiger partial charge in [0.25, 0.3) is 0 Å². The van der Waals surface area contributed by atoms with Gasteiger partial charge in [0.05, 0.1) is 25.3 Å². The minimum atomic E-state index is -0.0909. The van der Waals surface area contributed by atoms with Crippen molar-refractivity contribution < 1.29 is 13.9 Å². The molecule has 3 aromatic rings. The SMILES string of the molecule is COc1cc(NC(=O)Cc2ccc(Br)cc2)ccc1-c1cnco1. The maximum atomic E-state index is 12.2. The fourth-order valence-corrected chi connectivity index (χ4v) is 2.58. The Bertz CT molecular complexity index is 830. The van der Waals surface area contributed by atoms with Crippen molar-refractivity contribution in [2.24, 2.45) is 0 Å². The number of amides is 1. The molecule has 2 aromatic carbocycles. The quantitative estimate of drug-likeness (QED) is 0.709. The number of nitrogens with zero attached hydrogens (tertiary/aromatic N) is 1. The average molecular weight is 387 g/mol. The van der Waals surface area contributed by atoms with Crippen molar-refractivity contribution in [2.75, 3.05) is 12.4 Å². The highest BCUT2D eigenvalue weighted by atomic mass is 79.9. The van der Waals surface area contributed by atoms with Crippen LogP contribution in [0.3, 0.4) is 0 Å². The van der Waals surface area contributed by atoms with Crippen LogP contribution in [0.2, 0.25) is 0 Å². The van der Waals surface area contributed by atoms with Gasteiger partial charge in [-0.2, -0.15) is 0 Å². The van der Waals surface area contributed by atoms with Gasteiger partial charge in [-0.1, -0.05) is 28.1 Å². The van der Waals surface area contributed by atoms with Crippen molar-refractivity contribution in [3.8, 4) is 17.1 Å². The Morgan fingerprint density at radius 2 is 2.04 bits per heavy atom. The molecule has 0 radical (unpaired) electrons. The third-order valence-corrected chi connectivity index (χ3v) is 3.99. The lowest BCUT2D eigenvalue weighted by Gasteiger charge is -2.10. The molecular weight excluding hydrogens is 372 g/mol. The molecule has 5 nitrogen and oxygen atoms in total. The van der Waals surface area contributed by atoms with Gasteiger partial charge in [-0.15, -0.1) is 0 Å². The molecule has 0 saturated heterocycles. The van der Waals surface area contributed by atoms with E-state index in [1.54, 1.807) is 25.4 Å². The Morgan fingerprint density at radius 3 is 2.71 bits per heavy atom. The normalized spacial score (nSPS) is 10.4. The molecule has 0 aliphatic heterocycles.